The predicted molar refractivity (Wildman–Crippen MR) is 75.3 cm³/mol. The van der Waals surface area contributed by atoms with Crippen LogP contribution in [-0.2, 0) is 0 Å². The van der Waals surface area contributed by atoms with E-state index in [4.69, 9.17) is 0 Å². The normalized spacial score (nSPS) is 19.7. The highest BCUT2D eigenvalue weighted by Gasteiger charge is 2.29. The van der Waals surface area contributed by atoms with Gasteiger partial charge in [-0.05, 0) is 30.7 Å². The summed E-state index contributed by atoms with van der Waals surface area (Å²) in [5, 5.41) is 23.4. The number of aromatic amines is 1. The number of benzene rings is 1. The molecule has 0 aliphatic carbocycles. The van der Waals surface area contributed by atoms with Gasteiger partial charge in [-0.25, -0.2) is 0 Å². The highest BCUT2D eigenvalue weighted by atomic mass is 16.3. The van der Waals surface area contributed by atoms with Gasteiger partial charge >= 0.3 is 0 Å². The zero-order valence-corrected chi connectivity index (χ0v) is 11.7. The van der Waals surface area contributed by atoms with Gasteiger partial charge in [0.15, 0.2) is 0 Å². The molecule has 1 saturated heterocycles. The Labute approximate surface area is 122 Å². The molecule has 0 saturated carbocycles. The molecule has 2 aromatic rings. The zero-order valence-electron chi connectivity index (χ0n) is 11.7. The first-order chi connectivity index (χ1) is 10.1. The van der Waals surface area contributed by atoms with E-state index in [0.29, 0.717) is 24.5 Å². The number of nitrogens with zero attached hydrogens (tertiary/aromatic N) is 4. The van der Waals surface area contributed by atoms with Crippen molar-refractivity contribution in [2.45, 2.75) is 19.4 Å². The number of aliphatic hydroxyl groups is 1. The number of carbonyl (C=O) groups excluding carboxylic acids is 1. The maximum Gasteiger partial charge on any atom is 0.253 e. The lowest BCUT2D eigenvalue weighted by molar-refractivity contribution is 0.0762. The summed E-state index contributed by atoms with van der Waals surface area (Å²) in [4.78, 5) is 14.3. The number of amides is 1. The molecule has 110 valence electrons. The van der Waals surface area contributed by atoms with Crippen LogP contribution in [0, 0.1) is 5.92 Å². The lowest BCUT2D eigenvalue weighted by Crippen LogP contribution is -2.30. The van der Waals surface area contributed by atoms with Crippen LogP contribution in [0.4, 0.5) is 0 Å². The van der Waals surface area contributed by atoms with Crippen molar-refractivity contribution in [3.63, 3.8) is 0 Å². The quantitative estimate of drug-likeness (QED) is 0.867. The smallest absolute Gasteiger partial charge is 0.253 e. The van der Waals surface area contributed by atoms with Crippen molar-refractivity contribution < 1.29 is 9.90 Å². The monoisotopic (exact) mass is 287 g/mol. The molecule has 2 N–H and O–H groups in total. The summed E-state index contributed by atoms with van der Waals surface area (Å²) < 4.78 is 0. The fourth-order valence-corrected chi connectivity index (χ4v) is 2.62. The number of hydrogen-bond donors (Lipinski definition) is 2. The maximum atomic E-state index is 12.5. The fraction of sp³-hybridized carbons (Fsp3) is 0.429. The van der Waals surface area contributed by atoms with Gasteiger partial charge in [0, 0.05) is 30.1 Å². The van der Waals surface area contributed by atoms with E-state index in [1.807, 2.05) is 6.07 Å². The number of likely N-dealkylation sites (tertiary alicyclic amines) is 1. The van der Waals surface area contributed by atoms with Crippen molar-refractivity contribution in [2.24, 2.45) is 5.92 Å². The summed E-state index contributed by atoms with van der Waals surface area (Å²) in [6.45, 7) is 3.05. The molecule has 1 aliphatic rings. The molecule has 1 amide bonds. The minimum Gasteiger partial charge on any atom is -0.393 e. The molecule has 1 aromatic carbocycles. The predicted octanol–water partition coefficient (Wildman–Crippen LogP) is 0.710. The van der Waals surface area contributed by atoms with Gasteiger partial charge in [-0.1, -0.05) is 12.1 Å². The van der Waals surface area contributed by atoms with Crippen LogP contribution < -0.4 is 0 Å². The van der Waals surface area contributed by atoms with E-state index >= 15 is 0 Å². The van der Waals surface area contributed by atoms with Crippen molar-refractivity contribution in [3.8, 4) is 11.4 Å². The molecule has 2 heterocycles. The number of aromatic nitrogens is 4. The Morgan fingerprint density at radius 3 is 3.05 bits per heavy atom. The summed E-state index contributed by atoms with van der Waals surface area (Å²) in [6, 6.07) is 7.19. The molecule has 3 rings (SSSR count). The van der Waals surface area contributed by atoms with Crippen LogP contribution in [0.3, 0.4) is 0 Å². The number of hydrogen-bond acceptors (Lipinski definition) is 5. The van der Waals surface area contributed by atoms with E-state index in [1.165, 1.54) is 0 Å². The van der Waals surface area contributed by atoms with Gasteiger partial charge in [0.25, 0.3) is 5.91 Å². The second-order valence-electron chi connectivity index (χ2n) is 5.36. The van der Waals surface area contributed by atoms with Gasteiger partial charge in [0.05, 0.1) is 6.10 Å². The molecule has 1 aliphatic heterocycles. The molecule has 0 radical (unpaired) electrons. The minimum absolute atomic E-state index is 0.0245. The SMILES string of the molecule is CC(O)C1CCN(C(=O)c2cccc(-c3nn[nH]n3)c2)C1. The molecular weight excluding hydrogens is 270 g/mol. The van der Waals surface area contributed by atoms with Gasteiger partial charge in [-0.3, -0.25) is 4.79 Å². The Morgan fingerprint density at radius 1 is 1.52 bits per heavy atom. The van der Waals surface area contributed by atoms with Gasteiger partial charge in [0.2, 0.25) is 5.82 Å². The van der Waals surface area contributed by atoms with E-state index in [-0.39, 0.29) is 17.9 Å². The minimum atomic E-state index is -0.381. The van der Waals surface area contributed by atoms with Crippen LogP contribution >= 0.6 is 0 Å². The first-order valence-electron chi connectivity index (χ1n) is 6.96. The van der Waals surface area contributed by atoms with Crippen LogP contribution in [0.25, 0.3) is 11.4 Å². The largest absolute Gasteiger partial charge is 0.393 e. The number of nitrogens with one attached hydrogen (secondary N) is 1. The third-order valence-electron chi connectivity index (χ3n) is 3.91. The zero-order chi connectivity index (χ0) is 14.8. The Balaban J connectivity index is 1.78. The standard InChI is InChI=1S/C14H17N5O2/c1-9(20)12-5-6-19(8-12)14(21)11-4-2-3-10(7-11)13-15-17-18-16-13/h2-4,7,9,12,20H,5-6,8H2,1H3,(H,15,16,17,18). The number of H-pyrrole nitrogens is 1. The van der Waals surface area contributed by atoms with Gasteiger partial charge in [-0.15, -0.1) is 10.2 Å². The average molecular weight is 287 g/mol. The van der Waals surface area contributed by atoms with E-state index in [9.17, 15) is 9.90 Å². The molecule has 7 heteroatoms. The van der Waals surface area contributed by atoms with Gasteiger partial charge < -0.3 is 10.0 Å². The summed E-state index contributed by atoms with van der Waals surface area (Å²) in [5.74, 6) is 0.603. The molecular formula is C14H17N5O2. The lowest BCUT2D eigenvalue weighted by Gasteiger charge is -2.18. The topological polar surface area (TPSA) is 95.0 Å². The Kier molecular flexibility index (Phi) is 3.66. The van der Waals surface area contributed by atoms with Gasteiger partial charge in [0.1, 0.15) is 0 Å². The summed E-state index contributed by atoms with van der Waals surface area (Å²) in [6.07, 6.45) is 0.460. The van der Waals surface area contributed by atoms with Crippen molar-refractivity contribution >= 4 is 5.91 Å². The highest BCUT2D eigenvalue weighted by Crippen LogP contribution is 2.23. The number of aliphatic hydroxyl groups excluding tert-OH is 1. The first-order valence-corrected chi connectivity index (χ1v) is 6.96. The Bertz CT molecular complexity index is 626. The molecule has 0 spiro atoms. The highest BCUT2D eigenvalue weighted by molar-refractivity contribution is 5.95. The molecule has 1 fully saturated rings. The van der Waals surface area contributed by atoms with Crippen molar-refractivity contribution in [3.05, 3.63) is 29.8 Å². The van der Waals surface area contributed by atoms with Crippen LogP contribution in [0.15, 0.2) is 24.3 Å². The summed E-state index contributed by atoms with van der Waals surface area (Å²) in [7, 11) is 0. The van der Waals surface area contributed by atoms with Crippen LogP contribution in [0.1, 0.15) is 23.7 Å². The second-order valence-corrected chi connectivity index (χ2v) is 5.36. The van der Waals surface area contributed by atoms with Crippen molar-refractivity contribution in [2.75, 3.05) is 13.1 Å². The molecule has 2 unspecified atom stereocenters. The average Bonchev–Trinajstić information content (AvgIpc) is 3.18. The van der Waals surface area contributed by atoms with Gasteiger partial charge in [-0.2, -0.15) is 5.21 Å². The third kappa shape index (κ3) is 2.78. The number of carbonyl (C=O) groups is 1. The van der Waals surface area contributed by atoms with Crippen LogP contribution in [0.2, 0.25) is 0 Å². The molecule has 0 bridgehead atoms. The third-order valence-corrected chi connectivity index (χ3v) is 3.91. The van der Waals surface area contributed by atoms with E-state index < -0.39 is 0 Å². The van der Waals surface area contributed by atoms with E-state index in [0.717, 1.165) is 12.0 Å². The molecule has 1 aromatic heterocycles. The molecule has 7 nitrogen and oxygen atoms in total. The van der Waals surface area contributed by atoms with E-state index in [2.05, 4.69) is 20.6 Å². The van der Waals surface area contributed by atoms with Crippen molar-refractivity contribution in [1.29, 1.82) is 0 Å². The Hall–Kier alpha value is -2.28. The Morgan fingerprint density at radius 2 is 2.38 bits per heavy atom. The van der Waals surface area contributed by atoms with E-state index in [1.54, 1.807) is 30.0 Å². The van der Waals surface area contributed by atoms with Crippen molar-refractivity contribution in [1.82, 2.24) is 25.5 Å². The molecule has 21 heavy (non-hydrogen) atoms. The maximum absolute atomic E-state index is 12.5. The lowest BCUT2D eigenvalue weighted by atomic mass is 10.0. The first kappa shape index (κ1) is 13.7. The summed E-state index contributed by atoms with van der Waals surface area (Å²) >= 11 is 0. The van der Waals surface area contributed by atoms with Crippen LogP contribution in [-0.4, -0.2) is 55.7 Å². The number of rotatable bonds is 3. The number of tetrazole rings is 1. The fourth-order valence-electron chi connectivity index (χ4n) is 2.62. The van der Waals surface area contributed by atoms with Crippen LogP contribution in [0.5, 0.6) is 0 Å². The molecule has 2 atom stereocenters. The summed E-state index contributed by atoms with van der Waals surface area (Å²) in [5.41, 5.74) is 1.35. The second kappa shape index (κ2) is 5.61.